The monoisotopic (exact) mass is 282 g/mol. The van der Waals surface area contributed by atoms with E-state index >= 15 is 0 Å². The van der Waals surface area contributed by atoms with Gasteiger partial charge in [0, 0.05) is 19.7 Å². The maximum absolute atomic E-state index is 12.3. The predicted molar refractivity (Wildman–Crippen MR) is 74.3 cm³/mol. The summed E-state index contributed by atoms with van der Waals surface area (Å²) in [6, 6.07) is -0.324. The Kier molecular flexibility index (Phi) is 6.88. The highest BCUT2D eigenvalue weighted by Crippen LogP contribution is 2.15. The molecule has 0 aromatic rings. The molecule has 1 aliphatic heterocycles. The van der Waals surface area contributed by atoms with Gasteiger partial charge in [0.15, 0.2) is 0 Å². The molecular formula is C14H22N2O4. The number of piperidine rings is 1. The van der Waals surface area contributed by atoms with Crippen LogP contribution in [0.1, 0.15) is 26.2 Å². The summed E-state index contributed by atoms with van der Waals surface area (Å²) < 4.78 is 5.66. The molecular weight excluding hydrogens is 260 g/mol. The lowest BCUT2D eigenvalue weighted by atomic mass is 10.1. The molecule has 0 saturated carbocycles. The van der Waals surface area contributed by atoms with Gasteiger partial charge in [-0.05, 0) is 19.3 Å². The minimum absolute atomic E-state index is 0.00210. The maximum atomic E-state index is 12.3. The highest BCUT2D eigenvalue weighted by Gasteiger charge is 2.28. The summed E-state index contributed by atoms with van der Waals surface area (Å²) in [5.74, 6) is 1.26. The van der Waals surface area contributed by atoms with E-state index in [0.717, 1.165) is 19.3 Å². The zero-order valence-electron chi connectivity index (χ0n) is 11.9. The SMILES string of the molecule is C#CCN(CC(=O)O)C(=O)N1CCCC(OCCC)C1. The molecule has 0 bridgehead atoms. The van der Waals surface area contributed by atoms with Crippen LogP contribution >= 0.6 is 0 Å². The number of hydrogen-bond acceptors (Lipinski definition) is 3. The molecule has 0 radical (unpaired) electrons. The summed E-state index contributed by atoms with van der Waals surface area (Å²) in [6.45, 7) is 3.45. The van der Waals surface area contributed by atoms with Crippen LogP contribution in [0.15, 0.2) is 0 Å². The molecule has 0 aromatic heterocycles. The zero-order chi connectivity index (χ0) is 15.0. The van der Waals surface area contributed by atoms with Crippen molar-refractivity contribution in [2.45, 2.75) is 32.3 Å². The normalized spacial score (nSPS) is 18.4. The van der Waals surface area contributed by atoms with Gasteiger partial charge in [-0.25, -0.2) is 4.79 Å². The van der Waals surface area contributed by atoms with Crippen molar-refractivity contribution in [2.75, 3.05) is 32.8 Å². The minimum atomic E-state index is -1.07. The number of likely N-dealkylation sites (tertiary alicyclic amines) is 1. The molecule has 1 rings (SSSR count). The van der Waals surface area contributed by atoms with Gasteiger partial charge in [0.05, 0.1) is 12.6 Å². The zero-order valence-corrected chi connectivity index (χ0v) is 11.9. The van der Waals surface area contributed by atoms with Gasteiger partial charge < -0.3 is 19.6 Å². The van der Waals surface area contributed by atoms with Crippen molar-refractivity contribution in [1.82, 2.24) is 9.80 Å². The summed E-state index contributed by atoms with van der Waals surface area (Å²) >= 11 is 0. The summed E-state index contributed by atoms with van der Waals surface area (Å²) in [6.07, 6.45) is 7.94. The average molecular weight is 282 g/mol. The lowest BCUT2D eigenvalue weighted by Gasteiger charge is -2.35. The van der Waals surface area contributed by atoms with E-state index in [2.05, 4.69) is 5.92 Å². The molecule has 1 aliphatic rings. The Hall–Kier alpha value is -1.74. The number of carbonyl (C=O) groups excluding carboxylic acids is 1. The van der Waals surface area contributed by atoms with Gasteiger partial charge in [0.2, 0.25) is 0 Å². The number of aliphatic carboxylic acids is 1. The first-order chi connectivity index (χ1) is 9.58. The van der Waals surface area contributed by atoms with Crippen LogP contribution in [0.4, 0.5) is 4.79 Å². The van der Waals surface area contributed by atoms with Crippen LogP contribution in [0.2, 0.25) is 0 Å². The molecule has 112 valence electrons. The van der Waals surface area contributed by atoms with Crippen molar-refractivity contribution in [2.24, 2.45) is 0 Å². The molecule has 0 aliphatic carbocycles. The molecule has 0 spiro atoms. The van der Waals surface area contributed by atoms with Crippen LogP contribution in [0, 0.1) is 12.3 Å². The molecule has 1 N–H and O–H groups in total. The lowest BCUT2D eigenvalue weighted by molar-refractivity contribution is -0.137. The van der Waals surface area contributed by atoms with Crippen molar-refractivity contribution >= 4 is 12.0 Å². The smallest absolute Gasteiger partial charge is 0.323 e. The number of carboxylic acid groups (broad SMARTS) is 1. The van der Waals surface area contributed by atoms with E-state index in [-0.39, 0.29) is 25.2 Å². The van der Waals surface area contributed by atoms with Crippen molar-refractivity contribution in [3.8, 4) is 12.3 Å². The second-order valence-electron chi connectivity index (χ2n) is 4.82. The number of rotatable bonds is 6. The minimum Gasteiger partial charge on any atom is -0.480 e. The molecule has 6 nitrogen and oxygen atoms in total. The molecule has 1 heterocycles. The molecule has 1 unspecified atom stereocenters. The Bertz CT molecular complexity index is 378. The van der Waals surface area contributed by atoms with E-state index in [4.69, 9.17) is 16.3 Å². The number of nitrogens with zero attached hydrogens (tertiary/aromatic N) is 2. The molecule has 1 saturated heterocycles. The van der Waals surface area contributed by atoms with Crippen LogP contribution in [0.5, 0.6) is 0 Å². The maximum Gasteiger partial charge on any atom is 0.323 e. The third-order valence-electron chi connectivity index (χ3n) is 3.09. The molecule has 1 atom stereocenters. The lowest BCUT2D eigenvalue weighted by Crippen LogP contribution is -2.50. The molecule has 2 amide bonds. The second kappa shape index (κ2) is 8.43. The third-order valence-corrected chi connectivity index (χ3v) is 3.09. The number of hydrogen-bond donors (Lipinski definition) is 1. The first kappa shape index (κ1) is 16.3. The topological polar surface area (TPSA) is 70.1 Å². The van der Waals surface area contributed by atoms with Gasteiger partial charge in [0.25, 0.3) is 0 Å². The summed E-state index contributed by atoms with van der Waals surface area (Å²) in [4.78, 5) is 25.9. The number of ether oxygens (including phenoxy) is 1. The summed E-state index contributed by atoms with van der Waals surface area (Å²) in [5, 5.41) is 8.82. The fourth-order valence-electron chi connectivity index (χ4n) is 2.20. The highest BCUT2D eigenvalue weighted by molar-refractivity contribution is 5.80. The van der Waals surface area contributed by atoms with Crippen LogP contribution in [-0.4, -0.2) is 65.8 Å². The van der Waals surface area contributed by atoms with Crippen LogP contribution in [0.3, 0.4) is 0 Å². The van der Waals surface area contributed by atoms with Crippen molar-refractivity contribution in [1.29, 1.82) is 0 Å². The number of urea groups is 1. The van der Waals surface area contributed by atoms with Crippen LogP contribution in [0.25, 0.3) is 0 Å². The third kappa shape index (κ3) is 5.10. The summed E-state index contributed by atoms with van der Waals surface area (Å²) in [5.41, 5.74) is 0. The summed E-state index contributed by atoms with van der Waals surface area (Å²) in [7, 11) is 0. The fourth-order valence-corrected chi connectivity index (χ4v) is 2.20. The molecule has 20 heavy (non-hydrogen) atoms. The molecule has 6 heteroatoms. The number of carbonyl (C=O) groups is 2. The van der Waals surface area contributed by atoms with Crippen molar-refractivity contribution < 1.29 is 19.4 Å². The van der Waals surface area contributed by atoms with Gasteiger partial charge in [-0.3, -0.25) is 4.79 Å². The van der Waals surface area contributed by atoms with Crippen LogP contribution < -0.4 is 0 Å². The van der Waals surface area contributed by atoms with Crippen LogP contribution in [-0.2, 0) is 9.53 Å². The van der Waals surface area contributed by atoms with E-state index in [9.17, 15) is 9.59 Å². The Morgan fingerprint density at radius 2 is 2.30 bits per heavy atom. The van der Waals surface area contributed by atoms with Gasteiger partial charge >= 0.3 is 12.0 Å². The molecule has 0 aromatic carbocycles. The quantitative estimate of drug-likeness (QED) is 0.738. The average Bonchev–Trinajstić information content (AvgIpc) is 2.43. The first-order valence-electron chi connectivity index (χ1n) is 6.89. The number of amides is 2. The standard InChI is InChI=1S/C14H22N2O4/c1-3-7-15(11-13(17)18)14(19)16-8-5-6-12(10-16)20-9-4-2/h1,12H,4-11H2,2H3,(H,17,18). The van der Waals surface area contributed by atoms with E-state index in [0.29, 0.717) is 19.7 Å². The van der Waals surface area contributed by atoms with E-state index < -0.39 is 5.97 Å². The Labute approximate surface area is 119 Å². The van der Waals surface area contributed by atoms with Gasteiger partial charge in [-0.1, -0.05) is 12.8 Å². The van der Waals surface area contributed by atoms with Gasteiger partial charge in [-0.15, -0.1) is 6.42 Å². The molecule has 1 fully saturated rings. The van der Waals surface area contributed by atoms with E-state index in [1.54, 1.807) is 4.90 Å². The van der Waals surface area contributed by atoms with Gasteiger partial charge in [0.1, 0.15) is 6.54 Å². The van der Waals surface area contributed by atoms with Crippen molar-refractivity contribution in [3.05, 3.63) is 0 Å². The Morgan fingerprint density at radius 1 is 1.55 bits per heavy atom. The van der Waals surface area contributed by atoms with E-state index in [1.807, 2.05) is 6.92 Å². The van der Waals surface area contributed by atoms with E-state index in [1.165, 1.54) is 4.90 Å². The predicted octanol–water partition coefficient (Wildman–Crippen LogP) is 1.02. The van der Waals surface area contributed by atoms with Gasteiger partial charge in [-0.2, -0.15) is 0 Å². The number of carboxylic acids is 1. The largest absolute Gasteiger partial charge is 0.480 e. The van der Waals surface area contributed by atoms with Crippen molar-refractivity contribution in [3.63, 3.8) is 0 Å². The fraction of sp³-hybridized carbons (Fsp3) is 0.714. The second-order valence-corrected chi connectivity index (χ2v) is 4.82. The Morgan fingerprint density at radius 3 is 2.90 bits per heavy atom. The highest BCUT2D eigenvalue weighted by atomic mass is 16.5. The first-order valence-corrected chi connectivity index (χ1v) is 6.89. The Balaban J connectivity index is 2.59. The number of terminal acetylenes is 1.